The van der Waals surface area contributed by atoms with Gasteiger partial charge in [-0.2, -0.15) is 0 Å². The van der Waals surface area contributed by atoms with E-state index < -0.39 is 17.9 Å². The highest BCUT2D eigenvalue weighted by Gasteiger charge is 2.26. The zero-order chi connectivity index (χ0) is 14.8. The van der Waals surface area contributed by atoms with Gasteiger partial charge in [0, 0.05) is 19.0 Å². The number of rotatable bonds is 4. The Balaban J connectivity index is 1.52. The van der Waals surface area contributed by atoms with Crippen LogP contribution in [-0.4, -0.2) is 36.1 Å². The van der Waals surface area contributed by atoms with Gasteiger partial charge in [0.2, 0.25) is 0 Å². The molecular formula is C15H18N2O4. The van der Waals surface area contributed by atoms with Crippen molar-refractivity contribution in [2.45, 2.75) is 31.4 Å². The van der Waals surface area contributed by atoms with Gasteiger partial charge in [-0.15, -0.1) is 0 Å². The van der Waals surface area contributed by atoms with E-state index in [1.165, 1.54) is 0 Å². The van der Waals surface area contributed by atoms with E-state index in [1.807, 2.05) is 12.1 Å². The number of carbonyl (C=O) groups excluding carboxylic acids is 2. The van der Waals surface area contributed by atoms with Gasteiger partial charge in [-0.05, 0) is 36.1 Å². The molecule has 1 saturated carbocycles. The third-order valence-electron chi connectivity index (χ3n) is 3.67. The van der Waals surface area contributed by atoms with E-state index in [4.69, 9.17) is 4.74 Å². The van der Waals surface area contributed by atoms with E-state index in [1.54, 1.807) is 6.07 Å². The third kappa shape index (κ3) is 3.33. The molecule has 3 rings (SSSR count). The molecule has 6 nitrogen and oxygen atoms in total. The minimum atomic E-state index is -0.839. The first-order valence-corrected chi connectivity index (χ1v) is 7.16. The van der Waals surface area contributed by atoms with Gasteiger partial charge in [0.05, 0.1) is 12.7 Å². The summed E-state index contributed by atoms with van der Waals surface area (Å²) in [6, 6.07) is 5.61. The Morgan fingerprint density at radius 2 is 2.14 bits per heavy atom. The van der Waals surface area contributed by atoms with Crippen LogP contribution in [0.15, 0.2) is 18.2 Å². The molecule has 0 bridgehead atoms. The molecule has 21 heavy (non-hydrogen) atoms. The number of aliphatic hydroxyl groups excluding tert-OH is 1. The number of hydrogen-bond donors (Lipinski definition) is 3. The summed E-state index contributed by atoms with van der Waals surface area (Å²) in [7, 11) is 0. The first-order chi connectivity index (χ1) is 10.1. The normalized spacial score (nSPS) is 17.6. The zero-order valence-corrected chi connectivity index (χ0v) is 11.6. The van der Waals surface area contributed by atoms with Crippen molar-refractivity contribution < 1.29 is 19.4 Å². The molecule has 0 saturated heterocycles. The lowest BCUT2D eigenvalue weighted by Gasteiger charge is -2.13. The van der Waals surface area contributed by atoms with E-state index in [0.29, 0.717) is 12.2 Å². The van der Waals surface area contributed by atoms with Crippen molar-refractivity contribution in [2.75, 3.05) is 13.2 Å². The second-order valence-electron chi connectivity index (χ2n) is 5.44. The molecule has 1 heterocycles. The second kappa shape index (κ2) is 5.73. The quantitative estimate of drug-likeness (QED) is 0.684. The van der Waals surface area contributed by atoms with Gasteiger partial charge in [0.25, 0.3) is 0 Å². The van der Waals surface area contributed by atoms with Crippen LogP contribution in [0, 0.1) is 0 Å². The van der Waals surface area contributed by atoms with Gasteiger partial charge in [-0.25, -0.2) is 0 Å². The summed E-state index contributed by atoms with van der Waals surface area (Å²) < 4.78 is 5.40. The van der Waals surface area contributed by atoms with Crippen LogP contribution in [0.1, 0.15) is 30.1 Å². The third-order valence-corrected chi connectivity index (χ3v) is 3.67. The standard InChI is InChI=1S/C15H18N2O4/c18-12(8-16-14(19)15(20)17-11-2-3-11)9-1-4-13-10(7-9)5-6-21-13/h1,4,7,11-12,18H,2-3,5-6,8H2,(H,16,19)(H,17,20)/t12-/m1/s1. The molecule has 0 aromatic heterocycles. The van der Waals surface area contributed by atoms with Gasteiger partial charge < -0.3 is 20.5 Å². The van der Waals surface area contributed by atoms with Gasteiger partial charge in [0.1, 0.15) is 5.75 Å². The van der Waals surface area contributed by atoms with Crippen LogP contribution in [0.2, 0.25) is 0 Å². The number of benzene rings is 1. The van der Waals surface area contributed by atoms with Crippen molar-refractivity contribution >= 4 is 11.8 Å². The summed E-state index contributed by atoms with van der Waals surface area (Å²) in [5, 5.41) is 15.1. The first kappa shape index (κ1) is 13.9. The van der Waals surface area contributed by atoms with Gasteiger partial charge >= 0.3 is 11.8 Å². The van der Waals surface area contributed by atoms with Crippen molar-refractivity contribution in [3.05, 3.63) is 29.3 Å². The van der Waals surface area contributed by atoms with Crippen LogP contribution in [0.3, 0.4) is 0 Å². The van der Waals surface area contributed by atoms with Crippen LogP contribution < -0.4 is 15.4 Å². The van der Waals surface area contributed by atoms with Crippen molar-refractivity contribution in [3.8, 4) is 5.75 Å². The fourth-order valence-electron chi connectivity index (χ4n) is 2.28. The molecule has 1 fully saturated rings. The molecule has 1 aliphatic heterocycles. The summed E-state index contributed by atoms with van der Waals surface area (Å²) >= 11 is 0. The fourth-order valence-corrected chi connectivity index (χ4v) is 2.28. The molecule has 2 amide bonds. The Labute approximate surface area is 122 Å². The Hall–Kier alpha value is -2.08. The molecule has 6 heteroatoms. The van der Waals surface area contributed by atoms with Crippen LogP contribution in [-0.2, 0) is 16.0 Å². The van der Waals surface area contributed by atoms with Crippen LogP contribution in [0.25, 0.3) is 0 Å². The van der Waals surface area contributed by atoms with E-state index in [0.717, 1.165) is 30.6 Å². The molecule has 0 unspecified atom stereocenters. The number of ether oxygens (including phenoxy) is 1. The molecule has 0 spiro atoms. The maximum Gasteiger partial charge on any atom is 0.309 e. The molecule has 112 valence electrons. The van der Waals surface area contributed by atoms with Gasteiger partial charge in [-0.1, -0.05) is 6.07 Å². The summed E-state index contributed by atoms with van der Waals surface area (Å²) in [6.45, 7) is 0.670. The lowest BCUT2D eigenvalue weighted by molar-refractivity contribution is -0.139. The van der Waals surface area contributed by atoms with Gasteiger partial charge in [-0.3, -0.25) is 9.59 Å². The van der Waals surface area contributed by atoms with Gasteiger partial charge in [0.15, 0.2) is 0 Å². The average Bonchev–Trinajstić information content (AvgIpc) is 3.17. The molecule has 1 aromatic rings. The monoisotopic (exact) mass is 290 g/mol. The highest BCUT2D eigenvalue weighted by molar-refractivity contribution is 6.35. The number of fused-ring (bicyclic) bond motifs is 1. The maximum atomic E-state index is 11.6. The molecule has 1 atom stereocenters. The number of aliphatic hydroxyl groups is 1. The Bertz CT molecular complexity index is 569. The lowest BCUT2D eigenvalue weighted by atomic mass is 10.0. The average molecular weight is 290 g/mol. The number of hydrogen-bond acceptors (Lipinski definition) is 4. The number of carbonyl (C=O) groups is 2. The molecule has 0 radical (unpaired) electrons. The van der Waals surface area contributed by atoms with E-state index in [2.05, 4.69) is 10.6 Å². The highest BCUT2D eigenvalue weighted by Crippen LogP contribution is 2.28. The largest absolute Gasteiger partial charge is 0.493 e. The topological polar surface area (TPSA) is 87.7 Å². The van der Waals surface area contributed by atoms with Crippen molar-refractivity contribution in [3.63, 3.8) is 0 Å². The molecule has 1 aliphatic carbocycles. The Kier molecular flexibility index (Phi) is 3.79. The summed E-state index contributed by atoms with van der Waals surface area (Å²) in [6.07, 6.45) is 1.84. The lowest BCUT2D eigenvalue weighted by Crippen LogP contribution is -2.42. The molecule has 2 aliphatic rings. The molecule has 1 aromatic carbocycles. The maximum absolute atomic E-state index is 11.6. The van der Waals surface area contributed by atoms with Crippen molar-refractivity contribution in [2.24, 2.45) is 0 Å². The Morgan fingerprint density at radius 1 is 1.33 bits per heavy atom. The van der Waals surface area contributed by atoms with Crippen molar-refractivity contribution in [1.29, 1.82) is 0 Å². The number of amides is 2. The SMILES string of the molecule is O=C(NC[C@@H](O)c1ccc2c(c1)CCO2)C(=O)NC1CC1. The summed E-state index contributed by atoms with van der Waals surface area (Å²) in [5.74, 6) is -0.490. The van der Waals surface area contributed by atoms with Crippen LogP contribution in [0.4, 0.5) is 0 Å². The molecule has 3 N–H and O–H groups in total. The first-order valence-electron chi connectivity index (χ1n) is 7.16. The fraction of sp³-hybridized carbons (Fsp3) is 0.467. The predicted octanol–water partition coefficient (Wildman–Crippen LogP) is 0.0497. The summed E-state index contributed by atoms with van der Waals surface area (Å²) in [5.41, 5.74) is 1.77. The van der Waals surface area contributed by atoms with Crippen LogP contribution in [0.5, 0.6) is 5.75 Å². The second-order valence-corrected chi connectivity index (χ2v) is 5.44. The molecular weight excluding hydrogens is 272 g/mol. The van der Waals surface area contributed by atoms with E-state index in [9.17, 15) is 14.7 Å². The summed E-state index contributed by atoms with van der Waals surface area (Å²) in [4.78, 5) is 23.0. The van der Waals surface area contributed by atoms with E-state index >= 15 is 0 Å². The minimum absolute atomic E-state index is 0.0105. The minimum Gasteiger partial charge on any atom is -0.493 e. The zero-order valence-electron chi connectivity index (χ0n) is 11.6. The predicted molar refractivity (Wildman–Crippen MR) is 74.8 cm³/mol. The van der Waals surface area contributed by atoms with E-state index in [-0.39, 0.29) is 12.6 Å². The van der Waals surface area contributed by atoms with Crippen LogP contribution >= 0.6 is 0 Å². The Morgan fingerprint density at radius 3 is 2.90 bits per heavy atom. The highest BCUT2D eigenvalue weighted by atomic mass is 16.5. The smallest absolute Gasteiger partial charge is 0.309 e. The number of nitrogens with one attached hydrogen (secondary N) is 2. The van der Waals surface area contributed by atoms with Crippen molar-refractivity contribution in [1.82, 2.24) is 10.6 Å².